The predicted octanol–water partition coefficient (Wildman–Crippen LogP) is -2.61. The summed E-state index contributed by atoms with van der Waals surface area (Å²) in [5.41, 5.74) is 12.0. The molecular formula is C44H61N11O10. The van der Waals surface area contributed by atoms with Gasteiger partial charge < -0.3 is 63.4 Å². The van der Waals surface area contributed by atoms with Gasteiger partial charge in [0.25, 0.3) is 0 Å². The van der Waals surface area contributed by atoms with E-state index in [4.69, 9.17) is 11.5 Å². The summed E-state index contributed by atoms with van der Waals surface area (Å²) in [5, 5.41) is 36.4. The summed E-state index contributed by atoms with van der Waals surface area (Å²) in [4.78, 5) is 114. The first-order chi connectivity index (χ1) is 31.2. The largest absolute Gasteiger partial charge is 0.480 e. The van der Waals surface area contributed by atoms with Crippen molar-refractivity contribution in [3.05, 3.63) is 71.8 Å². The number of hydrogen-bond donors (Lipinski definition) is 10. The Morgan fingerprint density at radius 3 is 1.83 bits per heavy atom. The molecule has 0 spiro atoms. The Kier molecular flexibility index (Phi) is 18.6. The normalized spacial score (nSPS) is 19.8. The lowest BCUT2D eigenvalue weighted by molar-refractivity contribution is -0.144. The van der Waals surface area contributed by atoms with Crippen molar-refractivity contribution in [3.8, 4) is 0 Å². The maximum absolute atomic E-state index is 14.0. The van der Waals surface area contributed by atoms with Gasteiger partial charge in [-0.2, -0.15) is 0 Å². The van der Waals surface area contributed by atoms with Crippen LogP contribution in [0.2, 0.25) is 0 Å². The molecule has 12 N–H and O–H groups in total. The number of aliphatic hydroxyl groups is 1. The van der Waals surface area contributed by atoms with Crippen LogP contribution in [-0.4, -0.2) is 155 Å². The second kappa shape index (κ2) is 24.5. The first kappa shape index (κ1) is 49.4. The minimum Gasteiger partial charge on any atom is -0.480 e. The first-order valence-electron chi connectivity index (χ1n) is 22.0. The first-order valence-corrected chi connectivity index (χ1v) is 22.0. The van der Waals surface area contributed by atoms with Crippen LogP contribution in [0, 0.1) is 0 Å². The zero-order valence-electron chi connectivity index (χ0n) is 36.3. The number of aliphatic imine (C=N–C) groups is 1. The molecule has 0 aromatic heterocycles. The lowest BCUT2D eigenvalue weighted by Crippen LogP contribution is -2.60. The molecule has 2 aromatic carbocycles. The predicted molar refractivity (Wildman–Crippen MR) is 236 cm³/mol. The molecule has 7 amide bonds. The van der Waals surface area contributed by atoms with Crippen LogP contribution in [0.25, 0.3) is 0 Å². The number of rotatable bonds is 22. The molecule has 7 atom stereocenters. The van der Waals surface area contributed by atoms with Crippen LogP contribution in [0.15, 0.2) is 65.7 Å². The minimum atomic E-state index is -1.54. The van der Waals surface area contributed by atoms with Crippen molar-refractivity contribution in [1.29, 1.82) is 0 Å². The number of nitrogens with two attached hydrogens (primary N) is 2. The number of aliphatic hydroxyl groups excluding tert-OH is 1. The van der Waals surface area contributed by atoms with Gasteiger partial charge >= 0.3 is 5.97 Å². The van der Waals surface area contributed by atoms with Gasteiger partial charge in [0, 0.05) is 32.5 Å². The molecule has 0 radical (unpaired) electrons. The molecule has 7 unspecified atom stereocenters. The van der Waals surface area contributed by atoms with Gasteiger partial charge in [0.1, 0.15) is 36.3 Å². The van der Waals surface area contributed by atoms with Gasteiger partial charge in [-0.25, -0.2) is 4.79 Å². The molecule has 5 rings (SSSR count). The van der Waals surface area contributed by atoms with E-state index >= 15 is 0 Å². The Bertz CT molecular complexity index is 2010. The second-order valence-electron chi connectivity index (χ2n) is 16.4. The zero-order valence-corrected chi connectivity index (χ0v) is 36.3. The minimum absolute atomic E-state index is 0.00348. The van der Waals surface area contributed by atoms with Gasteiger partial charge in [0.15, 0.2) is 5.96 Å². The highest BCUT2D eigenvalue weighted by Gasteiger charge is 2.41. The van der Waals surface area contributed by atoms with Gasteiger partial charge in [-0.05, 0) is 69.0 Å². The number of carbonyl (C=O) groups excluding carboxylic acids is 7. The molecule has 3 aliphatic rings. The van der Waals surface area contributed by atoms with Crippen LogP contribution in [0.5, 0.6) is 0 Å². The fourth-order valence-electron chi connectivity index (χ4n) is 8.31. The Morgan fingerprint density at radius 1 is 0.708 bits per heavy atom. The third kappa shape index (κ3) is 14.4. The number of nitrogens with one attached hydrogen (secondary N) is 6. The van der Waals surface area contributed by atoms with Crippen LogP contribution in [-0.2, 0) is 51.2 Å². The third-order valence-corrected chi connectivity index (χ3v) is 11.7. The zero-order chi connectivity index (χ0) is 46.9. The Labute approximate surface area is 376 Å². The molecule has 3 heterocycles. The molecule has 2 aromatic rings. The molecule has 3 saturated heterocycles. The SMILES string of the molecule is NC(N)=NCCCC(NC(=O)C(Cc1ccccc1)NC(=O)C1CCCN1C(=O)C(CO)NC(=O)C(Cc1ccccc1)NC(=O)CNC(=O)C1CCCN1C(=O)C1CCCN1)C(=O)O. The summed E-state index contributed by atoms with van der Waals surface area (Å²) >= 11 is 0. The van der Waals surface area contributed by atoms with Crippen molar-refractivity contribution in [2.75, 3.05) is 39.3 Å². The van der Waals surface area contributed by atoms with Crippen molar-refractivity contribution in [2.24, 2.45) is 16.5 Å². The van der Waals surface area contributed by atoms with E-state index in [-0.39, 0.29) is 63.1 Å². The van der Waals surface area contributed by atoms with Gasteiger partial charge in [0.05, 0.1) is 19.2 Å². The number of carboxylic acids is 1. The molecule has 3 aliphatic heterocycles. The van der Waals surface area contributed by atoms with Gasteiger partial charge in [-0.15, -0.1) is 0 Å². The summed E-state index contributed by atoms with van der Waals surface area (Å²) in [7, 11) is 0. The number of carboxylic acid groups (broad SMARTS) is 1. The van der Waals surface area contributed by atoms with E-state index in [9.17, 15) is 48.6 Å². The lowest BCUT2D eigenvalue weighted by Gasteiger charge is -2.30. The quantitative estimate of drug-likeness (QED) is 0.0330. The molecule has 0 aliphatic carbocycles. The summed E-state index contributed by atoms with van der Waals surface area (Å²) in [6, 6.07) is 9.92. The number of carbonyl (C=O) groups is 8. The third-order valence-electron chi connectivity index (χ3n) is 11.7. The topological polar surface area (TPSA) is 320 Å². The number of aliphatic carboxylic acids is 1. The van der Waals surface area contributed by atoms with Crippen molar-refractivity contribution in [3.63, 3.8) is 0 Å². The van der Waals surface area contributed by atoms with Crippen molar-refractivity contribution in [1.82, 2.24) is 41.7 Å². The van der Waals surface area contributed by atoms with E-state index in [0.717, 1.165) is 13.0 Å². The van der Waals surface area contributed by atoms with Gasteiger partial charge in [0.2, 0.25) is 41.4 Å². The summed E-state index contributed by atoms with van der Waals surface area (Å²) < 4.78 is 0. The van der Waals surface area contributed by atoms with Crippen molar-refractivity contribution < 1.29 is 48.6 Å². The smallest absolute Gasteiger partial charge is 0.326 e. The average Bonchev–Trinajstić information content (AvgIpc) is 4.12. The monoisotopic (exact) mass is 903 g/mol. The Hall–Kier alpha value is -6.61. The molecule has 0 saturated carbocycles. The number of nitrogens with zero attached hydrogens (tertiary/aromatic N) is 3. The summed E-state index contributed by atoms with van der Waals surface area (Å²) in [5.74, 6) is -5.87. The maximum atomic E-state index is 14.0. The van der Waals surface area contributed by atoms with E-state index in [0.29, 0.717) is 43.4 Å². The molecule has 3 fully saturated rings. The molecule has 352 valence electrons. The van der Waals surface area contributed by atoms with Crippen LogP contribution in [0.1, 0.15) is 62.5 Å². The van der Waals surface area contributed by atoms with Crippen LogP contribution in [0.3, 0.4) is 0 Å². The summed E-state index contributed by atoms with van der Waals surface area (Å²) in [6.07, 6.45) is 3.42. The Morgan fingerprint density at radius 2 is 1.28 bits per heavy atom. The van der Waals surface area contributed by atoms with Crippen molar-refractivity contribution >= 4 is 53.3 Å². The second-order valence-corrected chi connectivity index (χ2v) is 16.4. The fourth-order valence-corrected chi connectivity index (χ4v) is 8.31. The van der Waals surface area contributed by atoms with E-state index in [2.05, 4.69) is 36.9 Å². The maximum Gasteiger partial charge on any atom is 0.326 e. The molecule has 65 heavy (non-hydrogen) atoms. The number of amides is 7. The van der Waals surface area contributed by atoms with Crippen LogP contribution in [0.4, 0.5) is 0 Å². The van der Waals surface area contributed by atoms with E-state index in [1.807, 2.05) is 0 Å². The van der Waals surface area contributed by atoms with Gasteiger partial charge in [-0.3, -0.25) is 38.6 Å². The average molecular weight is 904 g/mol. The fraction of sp³-hybridized carbons (Fsp3) is 0.523. The number of guanidine groups is 1. The molecule has 0 bridgehead atoms. The van der Waals surface area contributed by atoms with E-state index in [1.54, 1.807) is 65.6 Å². The van der Waals surface area contributed by atoms with Crippen LogP contribution >= 0.6 is 0 Å². The van der Waals surface area contributed by atoms with E-state index < -0.39 is 90.8 Å². The van der Waals surface area contributed by atoms with E-state index in [1.165, 1.54) is 4.90 Å². The highest BCUT2D eigenvalue weighted by Crippen LogP contribution is 2.22. The number of hydrogen-bond acceptors (Lipinski definition) is 11. The molecule has 21 nitrogen and oxygen atoms in total. The standard InChI is InChI=1S/C44H61N11O10/c45-44(46)48-20-8-16-30(43(64)65)51-38(59)32(24-28-13-5-2-6-14-28)52-40(61)35-18-10-22-55(35)42(63)33(26-56)53-37(58)31(23-27-11-3-1-4-12-27)50-36(57)25-49-39(60)34-17-9-21-54(34)41(62)29-15-7-19-47-29/h1-6,11-14,29-35,47,56H,7-10,15-26H2,(H,49,60)(H,50,57)(H,51,59)(H,52,61)(H,53,58)(H,64,65)(H4,45,46,48). The van der Waals surface area contributed by atoms with Crippen molar-refractivity contribution in [2.45, 2.75) is 107 Å². The lowest BCUT2D eigenvalue weighted by atomic mass is 10.0. The van der Waals surface area contributed by atoms with Gasteiger partial charge in [-0.1, -0.05) is 60.7 Å². The number of benzene rings is 2. The molecule has 21 heteroatoms. The highest BCUT2D eigenvalue weighted by atomic mass is 16.4. The highest BCUT2D eigenvalue weighted by molar-refractivity contribution is 5.97. The van der Waals surface area contributed by atoms with Crippen LogP contribution < -0.4 is 43.4 Å². The number of likely N-dealkylation sites (tertiary alicyclic amines) is 2. The Balaban J connectivity index is 1.23. The summed E-state index contributed by atoms with van der Waals surface area (Å²) in [6.45, 7) is 0.0243. The molecular weight excluding hydrogens is 843 g/mol.